The summed E-state index contributed by atoms with van der Waals surface area (Å²) < 4.78 is 12.8. The Morgan fingerprint density at radius 2 is 2.08 bits per heavy atom. The second kappa shape index (κ2) is 7.31. The molecule has 3 rings (SSSR count). The molecule has 0 aliphatic rings. The van der Waals surface area contributed by atoms with Gasteiger partial charge in [-0.2, -0.15) is 20.0 Å². The zero-order valence-corrected chi connectivity index (χ0v) is 14.9. The maximum atomic E-state index is 5.51. The monoisotopic (exact) mass is 358 g/mol. The first-order valence-corrected chi connectivity index (χ1v) is 8.08. The third-order valence-corrected chi connectivity index (χ3v) is 3.66. The Bertz CT molecular complexity index is 956. The van der Waals surface area contributed by atoms with Gasteiger partial charge in [-0.15, -0.1) is 0 Å². The van der Waals surface area contributed by atoms with E-state index in [1.807, 2.05) is 38.1 Å². The fraction of sp³-hybridized carbons (Fsp3) is 0.250. The molecule has 25 heavy (non-hydrogen) atoms. The summed E-state index contributed by atoms with van der Waals surface area (Å²) in [6, 6.07) is 7.45. The van der Waals surface area contributed by atoms with E-state index in [1.165, 1.54) is 4.68 Å². The van der Waals surface area contributed by atoms with E-state index in [4.69, 9.17) is 21.7 Å². The molecule has 0 saturated carbocycles. The molecule has 0 fully saturated rings. The highest BCUT2D eigenvalue weighted by Gasteiger charge is 2.11. The minimum Gasteiger partial charge on any atom is -0.493 e. The van der Waals surface area contributed by atoms with Crippen molar-refractivity contribution in [3.05, 3.63) is 40.3 Å². The van der Waals surface area contributed by atoms with Crippen molar-refractivity contribution in [1.29, 1.82) is 0 Å². The van der Waals surface area contributed by atoms with Gasteiger partial charge in [0.25, 0.3) is 0 Å². The largest absolute Gasteiger partial charge is 0.493 e. The van der Waals surface area contributed by atoms with Gasteiger partial charge in [0.1, 0.15) is 5.69 Å². The third kappa shape index (κ3) is 3.61. The van der Waals surface area contributed by atoms with Gasteiger partial charge in [-0.05, 0) is 55.9 Å². The Labute approximate surface area is 149 Å². The van der Waals surface area contributed by atoms with E-state index in [-0.39, 0.29) is 0 Å². The lowest BCUT2D eigenvalue weighted by molar-refractivity contribution is 0.311. The minimum atomic E-state index is 0.379. The number of benzene rings is 1. The van der Waals surface area contributed by atoms with Crippen LogP contribution in [0.1, 0.15) is 18.2 Å². The van der Waals surface area contributed by atoms with Crippen molar-refractivity contribution in [2.45, 2.75) is 13.8 Å². The number of ether oxygens (including phenoxy) is 2. The fourth-order valence-electron chi connectivity index (χ4n) is 2.26. The van der Waals surface area contributed by atoms with E-state index in [0.717, 1.165) is 11.3 Å². The summed E-state index contributed by atoms with van der Waals surface area (Å²) in [5.41, 5.74) is 2.43. The van der Waals surface area contributed by atoms with E-state index in [9.17, 15) is 0 Å². The molecule has 0 aliphatic carbocycles. The summed E-state index contributed by atoms with van der Waals surface area (Å²) >= 11 is 5.25. The van der Waals surface area contributed by atoms with E-state index >= 15 is 0 Å². The van der Waals surface area contributed by atoms with Gasteiger partial charge >= 0.3 is 0 Å². The summed E-state index contributed by atoms with van der Waals surface area (Å²) in [7, 11) is 1.60. The van der Waals surface area contributed by atoms with E-state index < -0.39 is 0 Å². The van der Waals surface area contributed by atoms with Crippen LogP contribution in [0.15, 0.2) is 29.4 Å². The fourth-order valence-corrected chi connectivity index (χ4v) is 2.44. The Kier molecular flexibility index (Phi) is 4.94. The number of methoxy groups -OCH3 is 1. The van der Waals surface area contributed by atoms with Crippen LogP contribution in [0.25, 0.3) is 11.5 Å². The Morgan fingerprint density at radius 1 is 1.24 bits per heavy atom. The van der Waals surface area contributed by atoms with Crippen molar-refractivity contribution < 1.29 is 9.47 Å². The second-order valence-electron chi connectivity index (χ2n) is 5.19. The number of aryl methyl sites for hydroxylation is 1. The number of nitrogens with zero attached hydrogens (tertiary/aromatic N) is 4. The summed E-state index contributed by atoms with van der Waals surface area (Å²) in [6.07, 6.45) is 1.67. The lowest BCUT2D eigenvalue weighted by Gasteiger charge is -2.09. The van der Waals surface area contributed by atoms with E-state index in [0.29, 0.717) is 34.4 Å². The highest BCUT2D eigenvalue weighted by Crippen LogP contribution is 2.27. The van der Waals surface area contributed by atoms with Crippen LogP contribution in [0.5, 0.6) is 11.5 Å². The van der Waals surface area contributed by atoms with Crippen LogP contribution in [0.4, 0.5) is 0 Å². The predicted octanol–water partition coefficient (Wildman–Crippen LogP) is 2.93. The first kappa shape index (κ1) is 16.9. The van der Waals surface area contributed by atoms with E-state index in [2.05, 4.69) is 25.5 Å². The van der Waals surface area contributed by atoms with Crippen molar-refractivity contribution in [3.8, 4) is 23.0 Å². The van der Waals surface area contributed by atoms with Crippen LogP contribution >= 0.6 is 12.2 Å². The SMILES string of the molecule is CCOc1ccc(/C=N/n2c(-c3cc(C)[nH]n3)n[nH]c2=S)cc1OC. The highest BCUT2D eigenvalue weighted by molar-refractivity contribution is 7.71. The van der Waals surface area contributed by atoms with Crippen molar-refractivity contribution in [3.63, 3.8) is 0 Å². The van der Waals surface area contributed by atoms with Crippen molar-refractivity contribution in [2.24, 2.45) is 5.10 Å². The molecular weight excluding hydrogens is 340 g/mol. The molecule has 0 aliphatic heterocycles. The van der Waals surface area contributed by atoms with Gasteiger partial charge in [-0.1, -0.05) is 0 Å². The standard InChI is InChI=1S/C16H18N6O2S/c1-4-24-13-6-5-11(8-14(13)23-3)9-17-22-15(20-21-16(22)25)12-7-10(2)18-19-12/h5-9H,4H2,1-3H3,(H,18,19)(H,21,25)/b17-9+. The molecule has 0 spiro atoms. The van der Waals surface area contributed by atoms with Gasteiger partial charge in [0.05, 0.1) is 19.9 Å². The average molecular weight is 358 g/mol. The number of aromatic amines is 2. The van der Waals surface area contributed by atoms with Gasteiger partial charge < -0.3 is 9.47 Å². The minimum absolute atomic E-state index is 0.379. The molecule has 1 aromatic carbocycles. The highest BCUT2D eigenvalue weighted by atomic mass is 32.1. The number of hydrogen-bond acceptors (Lipinski definition) is 6. The molecule has 0 atom stereocenters. The molecule has 3 aromatic rings. The molecule has 2 aromatic heterocycles. The molecule has 0 radical (unpaired) electrons. The van der Waals surface area contributed by atoms with Gasteiger partial charge in [-0.3, -0.25) is 5.10 Å². The van der Waals surface area contributed by atoms with Gasteiger partial charge in [0.15, 0.2) is 11.5 Å². The van der Waals surface area contributed by atoms with Crippen LogP contribution in [0, 0.1) is 11.7 Å². The van der Waals surface area contributed by atoms with Crippen LogP contribution < -0.4 is 9.47 Å². The number of aromatic nitrogens is 5. The van der Waals surface area contributed by atoms with Crippen LogP contribution in [0.2, 0.25) is 0 Å². The van der Waals surface area contributed by atoms with Crippen LogP contribution in [0.3, 0.4) is 0 Å². The molecule has 0 amide bonds. The molecule has 2 N–H and O–H groups in total. The Hall–Kier alpha value is -2.94. The maximum Gasteiger partial charge on any atom is 0.216 e. The van der Waals surface area contributed by atoms with Gasteiger partial charge in [0, 0.05) is 5.69 Å². The zero-order chi connectivity index (χ0) is 17.8. The average Bonchev–Trinajstić information content (AvgIpc) is 3.19. The first-order chi connectivity index (χ1) is 12.1. The van der Waals surface area contributed by atoms with Crippen molar-refractivity contribution in [1.82, 2.24) is 25.1 Å². The maximum absolute atomic E-state index is 5.51. The molecule has 0 unspecified atom stereocenters. The number of hydrogen-bond donors (Lipinski definition) is 2. The molecule has 8 nitrogen and oxygen atoms in total. The summed E-state index contributed by atoms with van der Waals surface area (Å²) in [4.78, 5) is 0. The molecule has 2 heterocycles. The Balaban J connectivity index is 1.93. The van der Waals surface area contributed by atoms with Crippen molar-refractivity contribution in [2.75, 3.05) is 13.7 Å². The first-order valence-electron chi connectivity index (χ1n) is 7.67. The second-order valence-corrected chi connectivity index (χ2v) is 5.57. The number of H-pyrrole nitrogens is 2. The molecule has 9 heteroatoms. The normalized spacial score (nSPS) is 11.2. The summed E-state index contributed by atoms with van der Waals surface area (Å²) in [6.45, 7) is 4.41. The lowest BCUT2D eigenvalue weighted by atomic mass is 10.2. The molecule has 0 bridgehead atoms. The van der Waals surface area contributed by atoms with Gasteiger partial charge in [0.2, 0.25) is 10.6 Å². The molecule has 130 valence electrons. The third-order valence-electron chi connectivity index (χ3n) is 3.40. The number of nitrogens with one attached hydrogen (secondary N) is 2. The predicted molar refractivity (Wildman–Crippen MR) is 96.9 cm³/mol. The van der Waals surface area contributed by atoms with Crippen molar-refractivity contribution >= 4 is 18.4 Å². The van der Waals surface area contributed by atoms with Crippen LogP contribution in [-0.2, 0) is 0 Å². The number of rotatable bonds is 6. The zero-order valence-electron chi connectivity index (χ0n) is 14.1. The molecular formula is C16H18N6O2S. The van der Waals surface area contributed by atoms with Gasteiger partial charge in [-0.25, -0.2) is 5.10 Å². The summed E-state index contributed by atoms with van der Waals surface area (Å²) in [5, 5.41) is 18.4. The lowest BCUT2D eigenvalue weighted by Crippen LogP contribution is -1.98. The van der Waals surface area contributed by atoms with E-state index in [1.54, 1.807) is 13.3 Å². The quantitative estimate of drug-likeness (QED) is 0.522. The molecule has 0 saturated heterocycles. The Morgan fingerprint density at radius 3 is 2.76 bits per heavy atom. The van der Waals surface area contributed by atoms with Crippen LogP contribution in [-0.4, -0.2) is 45.0 Å². The smallest absolute Gasteiger partial charge is 0.216 e. The topological polar surface area (TPSA) is 93.1 Å². The summed E-state index contributed by atoms with van der Waals surface area (Å²) in [5.74, 6) is 1.86.